The Balaban J connectivity index is 2.24. The smallest absolute Gasteiger partial charge is 0.449 e. The Morgan fingerprint density at radius 2 is 2.00 bits per heavy atom. The number of hydrogen-bond acceptors (Lipinski definition) is 4. The predicted molar refractivity (Wildman–Crippen MR) is 94.9 cm³/mol. The maximum absolute atomic E-state index is 11.0. The molecule has 3 aromatic rings. The number of benzene rings is 1. The maximum atomic E-state index is 11.0. The van der Waals surface area contributed by atoms with Crippen LogP contribution in [0.2, 0.25) is 10.0 Å². The predicted octanol–water partition coefficient (Wildman–Crippen LogP) is 5.53. The molecule has 2 aromatic heterocycles. The topological polar surface area (TPSA) is 64.3 Å². The fourth-order valence-electron chi connectivity index (χ4n) is 2.37. The van der Waals surface area contributed by atoms with Gasteiger partial charge in [0, 0.05) is 16.0 Å². The second kappa shape index (κ2) is 6.84. The van der Waals surface area contributed by atoms with Gasteiger partial charge in [-0.2, -0.15) is 0 Å². The van der Waals surface area contributed by atoms with Crippen LogP contribution < -0.4 is 4.74 Å². The lowest BCUT2D eigenvalue weighted by atomic mass is 10.1. The zero-order valence-electron chi connectivity index (χ0n) is 12.5. The second-order valence-electron chi connectivity index (χ2n) is 4.87. The first-order chi connectivity index (χ1) is 11.5. The van der Waals surface area contributed by atoms with Crippen LogP contribution in [0.4, 0.5) is 4.79 Å². The van der Waals surface area contributed by atoms with Gasteiger partial charge in [-0.3, -0.25) is 0 Å². The van der Waals surface area contributed by atoms with E-state index in [0.717, 1.165) is 16.3 Å². The molecule has 0 saturated carbocycles. The Hall–Kier alpha value is -2.02. The van der Waals surface area contributed by atoms with Gasteiger partial charge in [-0.15, -0.1) is 16.4 Å². The van der Waals surface area contributed by atoms with Crippen molar-refractivity contribution in [3.05, 3.63) is 51.3 Å². The molecule has 0 spiro atoms. The molecule has 0 bridgehead atoms. The van der Waals surface area contributed by atoms with Crippen molar-refractivity contribution in [3.63, 3.8) is 0 Å². The van der Waals surface area contributed by atoms with E-state index in [1.54, 1.807) is 28.9 Å². The minimum absolute atomic E-state index is 0.0690. The van der Waals surface area contributed by atoms with Crippen molar-refractivity contribution in [3.8, 4) is 22.1 Å². The standard InChI is InChI=1S/C16H12Cl2N2O3S/c1-2-12-14(13-7-10(18)8-24-13)20(19-15(12)23-16(21)22)11-5-3-9(17)4-6-11/h3-8H,2H2,1H3,(H,21,22). The zero-order chi connectivity index (χ0) is 17.3. The molecule has 124 valence electrons. The van der Waals surface area contributed by atoms with Gasteiger partial charge in [-0.25, -0.2) is 9.48 Å². The van der Waals surface area contributed by atoms with Gasteiger partial charge in [0.1, 0.15) is 0 Å². The number of carbonyl (C=O) groups is 1. The highest BCUT2D eigenvalue weighted by molar-refractivity contribution is 7.14. The number of carboxylic acid groups (broad SMARTS) is 1. The fraction of sp³-hybridized carbons (Fsp3) is 0.125. The van der Waals surface area contributed by atoms with E-state index in [1.165, 1.54) is 11.3 Å². The summed E-state index contributed by atoms with van der Waals surface area (Å²) in [6.07, 6.45) is -0.845. The van der Waals surface area contributed by atoms with E-state index >= 15 is 0 Å². The highest BCUT2D eigenvalue weighted by Gasteiger charge is 2.23. The molecule has 5 nitrogen and oxygen atoms in total. The van der Waals surface area contributed by atoms with Crippen LogP contribution >= 0.6 is 34.5 Å². The van der Waals surface area contributed by atoms with Crippen LogP contribution in [0.25, 0.3) is 16.3 Å². The molecular formula is C16H12Cl2N2O3S. The number of ether oxygens (including phenoxy) is 1. The third kappa shape index (κ3) is 3.26. The molecule has 0 atom stereocenters. The first-order valence-electron chi connectivity index (χ1n) is 7.02. The van der Waals surface area contributed by atoms with Gasteiger partial charge in [-0.05, 0) is 36.8 Å². The van der Waals surface area contributed by atoms with Gasteiger partial charge in [0.2, 0.25) is 5.88 Å². The number of thiophene rings is 1. The van der Waals surface area contributed by atoms with E-state index in [2.05, 4.69) is 5.10 Å². The summed E-state index contributed by atoms with van der Waals surface area (Å²) >= 11 is 13.5. The number of rotatable bonds is 4. The normalized spacial score (nSPS) is 10.8. The van der Waals surface area contributed by atoms with Crippen LogP contribution in [0.5, 0.6) is 5.88 Å². The van der Waals surface area contributed by atoms with Crippen molar-refractivity contribution in [2.75, 3.05) is 0 Å². The van der Waals surface area contributed by atoms with E-state index < -0.39 is 6.16 Å². The minimum atomic E-state index is -1.40. The molecule has 1 aromatic carbocycles. The molecule has 3 rings (SSSR count). The summed E-state index contributed by atoms with van der Waals surface area (Å²) in [5.74, 6) is 0.0690. The number of halogens is 2. The summed E-state index contributed by atoms with van der Waals surface area (Å²) in [6.45, 7) is 1.91. The first kappa shape index (κ1) is 16.8. The summed E-state index contributed by atoms with van der Waals surface area (Å²) in [5, 5.41) is 16.3. The van der Waals surface area contributed by atoms with Crippen LogP contribution in [0, 0.1) is 0 Å². The molecule has 0 fully saturated rings. The van der Waals surface area contributed by atoms with Crippen LogP contribution in [-0.2, 0) is 6.42 Å². The molecule has 0 aliphatic carbocycles. The minimum Gasteiger partial charge on any atom is -0.449 e. The molecule has 24 heavy (non-hydrogen) atoms. The third-order valence-electron chi connectivity index (χ3n) is 3.36. The van der Waals surface area contributed by atoms with Crippen LogP contribution in [-0.4, -0.2) is 21.0 Å². The Bertz CT molecular complexity index is 887. The summed E-state index contributed by atoms with van der Waals surface area (Å²) in [5.41, 5.74) is 2.20. The lowest BCUT2D eigenvalue weighted by molar-refractivity contribution is 0.142. The van der Waals surface area contributed by atoms with Crippen LogP contribution in [0.1, 0.15) is 12.5 Å². The van der Waals surface area contributed by atoms with Gasteiger partial charge >= 0.3 is 6.16 Å². The molecule has 8 heteroatoms. The fourth-order valence-corrected chi connectivity index (χ4v) is 3.63. The quantitative estimate of drug-likeness (QED) is 0.602. The van der Waals surface area contributed by atoms with E-state index in [9.17, 15) is 4.79 Å². The van der Waals surface area contributed by atoms with E-state index in [4.69, 9.17) is 33.0 Å². The summed E-state index contributed by atoms with van der Waals surface area (Å²) in [6, 6.07) is 8.91. The van der Waals surface area contributed by atoms with Gasteiger partial charge in [0.15, 0.2) is 0 Å². The zero-order valence-corrected chi connectivity index (χ0v) is 14.8. The monoisotopic (exact) mass is 382 g/mol. The first-order valence-corrected chi connectivity index (χ1v) is 8.66. The van der Waals surface area contributed by atoms with Crippen molar-refractivity contribution >= 4 is 40.7 Å². The second-order valence-corrected chi connectivity index (χ2v) is 6.66. The molecule has 0 saturated heterocycles. The largest absolute Gasteiger partial charge is 0.512 e. The summed E-state index contributed by atoms with van der Waals surface area (Å²) < 4.78 is 6.51. The van der Waals surface area contributed by atoms with Crippen molar-refractivity contribution in [2.45, 2.75) is 13.3 Å². The summed E-state index contributed by atoms with van der Waals surface area (Å²) in [4.78, 5) is 11.8. The molecule has 0 amide bonds. The lowest BCUT2D eigenvalue weighted by Crippen LogP contribution is -2.05. The third-order valence-corrected chi connectivity index (χ3v) is 4.89. The van der Waals surface area contributed by atoms with Crippen LogP contribution in [0.15, 0.2) is 35.7 Å². The maximum Gasteiger partial charge on any atom is 0.512 e. The highest BCUT2D eigenvalue weighted by Crippen LogP contribution is 2.38. The molecule has 1 N–H and O–H groups in total. The summed E-state index contributed by atoms with van der Waals surface area (Å²) in [7, 11) is 0. The average Bonchev–Trinajstić information content (AvgIpc) is 3.10. The number of aromatic nitrogens is 2. The van der Waals surface area contributed by atoms with E-state index in [-0.39, 0.29) is 5.88 Å². The van der Waals surface area contributed by atoms with E-state index in [1.807, 2.05) is 18.4 Å². The highest BCUT2D eigenvalue weighted by atomic mass is 35.5. The lowest BCUT2D eigenvalue weighted by Gasteiger charge is -2.07. The van der Waals surface area contributed by atoms with Gasteiger partial charge in [0.05, 0.1) is 21.3 Å². The van der Waals surface area contributed by atoms with Crippen LogP contribution in [0.3, 0.4) is 0 Å². The van der Waals surface area contributed by atoms with Crippen molar-refractivity contribution in [1.29, 1.82) is 0 Å². The molecule has 0 radical (unpaired) electrons. The SMILES string of the molecule is CCc1c(OC(=O)O)nn(-c2ccc(Cl)cc2)c1-c1cc(Cl)cs1. The Morgan fingerprint density at radius 3 is 2.54 bits per heavy atom. The van der Waals surface area contributed by atoms with Gasteiger partial charge in [0.25, 0.3) is 0 Å². The Morgan fingerprint density at radius 1 is 1.29 bits per heavy atom. The molecule has 0 aliphatic rings. The molecule has 2 heterocycles. The molecule has 0 aliphatic heterocycles. The molecule has 0 unspecified atom stereocenters. The van der Waals surface area contributed by atoms with Gasteiger partial charge < -0.3 is 9.84 Å². The Kier molecular flexibility index (Phi) is 4.80. The van der Waals surface area contributed by atoms with Crippen molar-refractivity contribution < 1.29 is 14.6 Å². The number of nitrogens with zero attached hydrogens (tertiary/aromatic N) is 2. The molecular weight excluding hydrogens is 371 g/mol. The number of hydrogen-bond donors (Lipinski definition) is 1. The van der Waals surface area contributed by atoms with Crippen molar-refractivity contribution in [2.24, 2.45) is 0 Å². The van der Waals surface area contributed by atoms with Gasteiger partial charge in [-0.1, -0.05) is 30.1 Å². The average molecular weight is 383 g/mol. The van der Waals surface area contributed by atoms with Crippen molar-refractivity contribution in [1.82, 2.24) is 9.78 Å². The Labute approximate surface area is 152 Å². The van der Waals surface area contributed by atoms with E-state index in [0.29, 0.717) is 22.0 Å².